The van der Waals surface area contributed by atoms with E-state index in [9.17, 15) is 19.5 Å². The summed E-state index contributed by atoms with van der Waals surface area (Å²) in [6, 6.07) is 18.2. The highest BCUT2D eigenvalue weighted by atomic mass is 32.1. The van der Waals surface area contributed by atoms with Crippen molar-refractivity contribution in [2.75, 3.05) is 5.32 Å². The Morgan fingerprint density at radius 2 is 1.50 bits per heavy atom. The zero-order chi connectivity index (χ0) is 30.6. The van der Waals surface area contributed by atoms with E-state index in [1.54, 1.807) is 31.2 Å². The first-order valence-electron chi connectivity index (χ1n) is 13.4. The van der Waals surface area contributed by atoms with Gasteiger partial charge in [0, 0.05) is 18.0 Å². The van der Waals surface area contributed by atoms with Gasteiger partial charge in [-0.3, -0.25) is 14.4 Å². The van der Waals surface area contributed by atoms with Crippen molar-refractivity contribution in [2.45, 2.75) is 53.0 Å². The summed E-state index contributed by atoms with van der Waals surface area (Å²) in [5, 5.41) is 22.5. The van der Waals surface area contributed by atoms with Gasteiger partial charge in [-0.05, 0) is 60.2 Å². The van der Waals surface area contributed by atoms with Crippen molar-refractivity contribution < 1.29 is 19.5 Å². The van der Waals surface area contributed by atoms with Gasteiger partial charge in [0.25, 0.3) is 11.8 Å². The first kappa shape index (κ1) is 30.7. The Morgan fingerprint density at radius 1 is 0.881 bits per heavy atom. The van der Waals surface area contributed by atoms with Gasteiger partial charge in [0.15, 0.2) is 0 Å². The summed E-state index contributed by atoms with van der Waals surface area (Å²) >= 11 is 2.47. The molecule has 0 radical (unpaired) electrons. The molecule has 8 nitrogen and oxygen atoms in total. The molecule has 0 spiro atoms. The Labute approximate surface area is 253 Å². The summed E-state index contributed by atoms with van der Waals surface area (Å²) in [4.78, 5) is 38.2. The van der Waals surface area contributed by atoms with Crippen LogP contribution < -0.4 is 16.1 Å². The maximum absolute atomic E-state index is 12.8. The molecule has 0 aliphatic rings. The number of benzene rings is 2. The molecular formula is C32H34N4O4S2. The van der Waals surface area contributed by atoms with Gasteiger partial charge in [-0.25, -0.2) is 5.43 Å². The molecule has 2 heterocycles. The number of carbonyl (C=O) groups excluding carboxylic acids is 3. The van der Waals surface area contributed by atoms with Gasteiger partial charge in [-0.2, -0.15) is 5.10 Å². The van der Waals surface area contributed by atoms with E-state index in [1.165, 1.54) is 23.8 Å². The summed E-state index contributed by atoms with van der Waals surface area (Å²) in [6.07, 6.45) is 0. The van der Waals surface area contributed by atoms with E-state index >= 15 is 0 Å². The van der Waals surface area contributed by atoms with Crippen LogP contribution in [0.15, 0.2) is 71.1 Å². The SMILES string of the molecule is CC(=O)Nc1ccc(C(C)NC(=O)c2ccc(C(=O)N/N=C(\C)c3csc(-c4ccc(C(C)(C)C)cc4)c3O)s2)cc1. The number of nitrogens with one attached hydrogen (secondary N) is 3. The molecular weight excluding hydrogens is 569 g/mol. The van der Waals surface area contributed by atoms with Crippen LogP contribution in [0.25, 0.3) is 10.4 Å². The highest BCUT2D eigenvalue weighted by Crippen LogP contribution is 2.39. The van der Waals surface area contributed by atoms with Gasteiger partial charge < -0.3 is 15.7 Å². The minimum absolute atomic E-state index is 0.0391. The van der Waals surface area contributed by atoms with Gasteiger partial charge >= 0.3 is 0 Å². The highest BCUT2D eigenvalue weighted by Gasteiger charge is 2.19. The monoisotopic (exact) mass is 602 g/mol. The summed E-state index contributed by atoms with van der Waals surface area (Å²) in [5.74, 6) is -0.789. The second kappa shape index (κ2) is 12.7. The third kappa shape index (κ3) is 7.32. The molecule has 4 aromatic rings. The molecule has 0 saturated carbocycles. The summed E-state index contributed by atoms with van der Waals surface area (Å²) in [5.41, 5.74) is 7.24. The second-order valence-corrected chi connectivity index (χ2v) is 12.9. The minimum atomic E-state index is -0.451. The third-order valence-corrected chi connectivity index (χ3v) is 8.73. The molecule has 218 valence electrons. The molecule has 4 rings (SSSR count). The first-order chi connectivity index (χ1) is 19.8. The number of hydrazone groups is 1. The van der Waals surface area contributed by atoms with Crippen molar-refractivity contribution in [3.8, 4) is 16.2 Å². The maximum Gasteiger partial charge on any atom is 0.281 e. The van der Waals surface area contributed by atoms with Crippen LogP contribution in [-0.2, 0) is 10.2 Å². The smallest absolute Gasteiger partial charge is 0.281 e. The quantitative estimate of drug-likeness (QED) is 0.127. The number of hydrogen-bond donors (Lipinski definition) is 4. The van der Waals surface area contributed by atoms with Gasteiger partial charge in [0.1, 0.15) is 5.75 Å². The van der Waals surface area contributed by atoms with Crippen LogP contribution in [0.3, 0.4) is 0 Å². The molecule has 0 bridgehead atoms. The molecule has 10 heteroatoms. The number of hydrogen-bond acceptors (Lipinski definition) is 7. The summed E-state index contributed by atoms with van der Waals surface area (Å²) in [7, 11) is 0. The van der Waals surface area contributed by atoms with Gasteiger partial charge in [-0.15, -0.1) is 22.7 Å². The molecule has 42 heavy (non-hydrogen) atoms. The summed E-state index contributed by atoms with van der Waals surface area (Å²) in [6.45, 7) is 11.5. The molecule has 1 unspecified atom stereocenters. The number of nitrogens with zero attached hydrogens (tertiary/aromatic N) is 1. The molecule has 0 saturated heterocycles. The van der Waals surface area contributed by atoms with Crippen LogP contribution in [-0.4, -0.2) is 28.5 Å². The van der Waals surface area contributed by atoms with Crippen molar-refractivity contribution in [3.63, 3.8) is 0 Å². The van der Waals surface area contributed by atoms with E-state index in [4.69, 9.17) is 0 Å². The lowest BCUT2D eigenvalue weighted by Crippen LogP contribution is -2.25. The van der Waals surface area contributed by atoms with E-state index in [1.807, 2.05) is 36.6 Å². The van der Waals surface area contributed by atoms with Crippen LogP contribution in [0, 0.1) is 0 Å². The number of carbonyl (C=O) groups is 3. The van der Waals surface area contributed by atoms with Gasteiger partial charge in [0.05, 0.1) is 31.9 Å². The fraction of sp³-hybridized carbons (Fsp3) is 0.250. The molecule has 0 aliphatic heterocycles. The van der Waals surface area contributed by atoms with E-state index in [-0.39, 0.29) is 29.0 Å². The molecule has 4 N–H and O–H groups in total. The minimum Gasteiger partial charge on any atom is -0.506 e. The number of anilines is 1. The van der Waals surface area contributed by atoms with Gasteiger partial charge in [-0.1, -0.05) is 57.2 Å². The van der Waals surface area contributed by atoms with Crippen molar-refractivity contribution in [3.05, 3.63) is 92.5 Å². The Hall–Kier alpha value is -4.28. The van der Waals surface area contributed by atoms with E-state index in [2.05, 4.69) is 54.1 Å². The standard InChI is InChI=1S/C32H34N4O4S2/c1-18(21-9-13-24(14-10-21)34-20(3)37)33-30(39)26-15-16-27(42-26)31(40)36-35-19(2)25-17-41-29(28(25)38)22-7-11-23(12-8-22)32(4,5)6/h7-18,38H,1-6H3,(H,33,39)(H,34,37)(H,36,40)/b35-19+. The van der Waals surface area contributed by atoms with Crippen LogP contribution in [0.2, 0.25) is 0 Å². The fourth-order valence-electron chi connectivity index (χ4n) is 4.18. The maximum atomic E-state index is 12.8. The predicted molar refractivity (Wildman–Crippen MR) is 171 cm³/mol. The molecule has 0 aliphatic carbocycles. The fourth-order valence-corrected chi connectivity index (χ4v) is 5.99. The van der Waals surface area contributed by atoms with Crippen LogP contribution in [0.5, 0.6) is 5.75 Å². The normalized spacial score (nSPS) is 12.5. The van der Waals surface area contributed by atoms with E-state index < -0.39 is 5.91 Å². The first-order valence-corrected chi connectivity index (χ1v) is 15.1. The van der Waals surface area contributed by atoms with Crippen LogP contribution in [0.1, 0.15) is 83.6 Å². The number of amides is 3. The van der Waals surface area contributed by atoms with Gasteiger partial charge in [0.2, 0.25) is 5.91 Å². The number of thiophene rings is 2. The van der Waals surface area contributed by atoms with Crippen LogP contribution >= 0.6 is 22.7 Å². The summed E-state index contributed by atoms with van der Waals surface area (Å²) < 4.78 is 0. The Morgan fingerprint density at radius 3 is 2.10 bits per heavy atom. The van der Waals surface area contributed by atoms with Crippen molar-refractivity contribution in [1.82, 2.24) is 10.7 Å². The molecule has 1 atom stereocenters. The Balaban J connectivity index is 1.37. The van der Waals surface area contributed by atoms with Crippen molar-refractivity contribution in [2.24, 2.45) is 5.10 Å². The topological polar surface area (TPSA) is 120 Å². The zero-order valence-corrected chi connectivity index (χ0v) is 26.0. The molecule has 2 aromatic heterocycles. The lowest BCUT2D eigenvalue weighted by atomic mass is 9.86. The Kier molecular flexibility index (Phi) is 9.28. The highest BCUT2D eigenvalue weighted by molar-refractivity contribution is 7.16. The number of aromatic hydroxyl groups is 1. The second-order valence-electron chi connectivity index (χ2n) is 11.0. The van der Waals surface area contributed by atoms with E-state index in [0.717, 1.165) is 27.3 Å². The molecule has 2 aromatic carbocycles. The average Bonchev–Trinajstić information content (AvgIpc) is 3.59. The predicted octanol–water partition coefficient (Wildman–Crippen LogP) is 7.08. The number of rotatable bonds is 8. The lowest BCUT2D eigenvalue weighted by Gasteiger charge is -2.19. The van der Waals surface area contributed by atoms with Crippen molar-refractivity contribution in [1.29, 1.82) is 0 Å². The van der Waals surface area contributed by atoms with Crippen LogP contribution in [0.4, 0.5) is 5.69 Å². The average molecular weight is 603 g/mol. The molecule has 3 amide bonds. The molecule has 0 fully saturated rings. The third-order valence-electron chi connectivity index (χ3n) is 6.63. The van der Waals surface area contributed by atoms with E-state index in [0.29, 0.717) is 26.7 Å². The lowest BCUT2D eigenvalue weighted by molar-refractivity contribution is -0.114. The largest absolute Gasteiger partial charge is 0.506 e. The zero-order valence-electron chi connectivity index (χ0n) is 24.4. The Bertz CT molecular complexity index is 1630. The van der Waals surface area contributed by atoms with Crippen molar-refractivity contribution >= 4 is 51.8 Å².